The van der Waals surface area contributed by atoms with Gasteiger partial charge in [-0.25, -0.2) is 0 Å². The minimum Gasteiger partial charge on any atom is -0.316 e. The zero-order valence-corrected chi connectivity index (χ0v) is 13.3. The highest BCUT2D eigenvalue weighted by Crippen LogP contribution is 2.34. The first-order valence-electron chi connectivity index (χ1n) is 8.53. The molecule has 1 saturated carbocycles. The summed E-state index contributed by atoms with van der Waals surface area (Å²) < 4.78 is 0. The lowest BCUT2D eigenvalue weighted by atomic mass is 9.81. The molecule has 1 aliphatic rings. The Morgan fingerprint density at radius 2 is 1.60 bits per heavy atom. The van der Waals surface area contributed by atoms with E-state index >= 15 is 0 Å². The lowest BCUT2D eigenvalue weighted by Gasteiger charge is -2.27. The first-order valence-corrected chi connectivity index (χ1v) is 8.53. The van der Waals surface area contributed by atoms with Gasteiger partial charge in [-0.2, -0.15) is 0 Å². The molecule has 0 amide bonds. The molecule has 0 heterocycles. The molecule has 1 heteroatoms. The largest absolute Gasteiger partial charge is 0.316 e. The summed E-state index contributed by atoms with van der Waals surface area (Å²) in [5.74, 6) is 2.31. The third kappa shape index (κ3) is 4.94. The monoisotopic (exact) mass is 273 g/mol. The van der Waals surface area contributed by atoms with Crippen LogP contribution in [0.5, 0.6) is 0 Å². The van der Waals surface area contributed by atoms with E-state index in [9.17, 15) is 0 Å². The van der Waals surface area contributed by atoms with Gasteiger partial charge in [0.15, 0.2) is 0 Å². The van der Waals surface area contributed by atoms with Gasteiger partial charge < -0.3 is 5.32 Å². The Balaban J connectivity index is 2.02. The fraction of sp³-hybridized carbons (Fsp3) is 0.684. The van der Waals surface area contributed by atoms with Crippen molar-refractivity contribution < 1.29 is 0 Å². The Morgan fingerprint density at radius 3 is 2.20 bits per heavy atom. The number of rotatable bonds is 6. The van der Waals surface area contributed by atoms with E-state index in [-0.39, 0.29) is 0 Å². The molecule has 2 rings (SSSR count). The van der Waals surface area contributed by atoms with E-state index in [4.69, 9.17) is 0 Å². The SMILES string of the molecule is CC(C)CNCC(c1ccccc1)C1CCCCCC1. The maximum absolute atomic E-state index is 3.70. The highest BCUT2D eigenvalue weighted by Gasteiger charge is 2.23. The van der Waals surface area contributed by atoms with E-state index in [2.05, 4.69) is 49.5 Å². The highest BCUT2D eigenvalue weighted by molar-refractivity contribution is 5.21. The summed E-state index contributed by atoms with van der Waals surface area (Å²) in [5, 5.41) is 3.70. The molecule has 1 N–H and O–H groups in total. The second-order valence-corrected chi connectivity index (χ2v) is 6.82. The van der Waals surface area contributed by atoms with Crippen LogP contribution in [0.15, 0.2) is 30.3 Å². The topological polar surface area (TPSA) is 12.0 Å². The fourth-order valence-corrected chi connectivity index (χ4v) is 3.50. The van der Waals surface area contributed by atoms with Crippen molar-refractivity contribution >= 4 is 0 Å². The van der Waals surface area contributed by atoms with Crippen LogP contribution in [0.2, 0.25) is 0 Å². The van der Waals surface area contributed by atoms with Crippen LogP contribution in [0.4, 0.5) is 0 Å². The summed E-state index contributed by atoms with van der Waals surface area (Å²) >= 11 is 0. The Bertz CT molecular complexity index is 349. The van der Waals surface area contributed by atoms with Crippen molar-refractivity contribution in [1.82, 2.24) is 5.32 Å². The van der Waals surface area contributed by atoms with Gasteiger partial charge in [-0.3, -0.25) is 0 Å². The molecule has 112 valence electrons. The van der Waals surface area contributed by atoms with Crippen molar-refractivity contribution in [2.24, 2.45) is 11.8 Å². The standard InChI is InChI=1S/C19H31N/c1-16(2)14-20-15-19(18-12-8-5-9-13-18)17-10-6-3-4-7-11-17/h5,8-9,12-13,16-17,19-20H,3-4,6-7,10-11,14-15H2,1-2H3. The van der Waals surface area contributed by atoms with E-state index in [0.29, 0.717) is 5.92 Å². The van der Waals surface area contributed by atoms with E-state index in [1.54, 1.807) is 0 Å². The van der Waals surface area contributed by atoms with Gasteiger partial charge in [0.05, 0.1) is 0 Å². The molecule has 1 fully saturated rings. The second-order valence-electron chi connectivity index (χ2n) is 6.82. The van der Waals surface area contributed by atoms with E-state index < -0.39 is 0 Å². The van der Waals surface area contributed by atoms with Crippen molar-refractivity contribution in [3.8, 4) is 0 Å². The lowest BCUT2D eigenvalue weighted by molar-refractivity contribution is 0.355. The molecule has 1 aromatic carbocycles. The normalized spacial score (nSPS) is 18.9. The van der Waals surface area contributed by atoms with Crippen LogP contribution in [-0.4, -0.2) is 13.1 Å². The Labute approximate surface area is 125 Å². The lowest BCUT2D eigenvalue weighted by Crippen LogP contribution is -2.29. The molecule has 1 atom stereocenters. The summed E-state index contributed by atoms with van der Waals surface area (Å²) in [5.41, 5.74) is 1.54. The quantitative estimate of drug-likeness (QED) is 0.720. The molecule has 1 nitrogen and oxygen atoms in total. The van der Waals surface area contributed by atoms with Gasteiger partial charge in [-0.05, 0) is 42.7 Å². The summed E-state index contributed by atoms with van der Waals surface area (Å²) in [4.78, 5) is 0. The van der Waals surface area contributed by atoms with Crippen LogP contribution in [0.3, 0.4) is 0 Å². The third-order valence-electron chi connectivity index (χ3n) is 4.61. The Hall–Kier alpha value is -0.820. The first-order chi connectivity index (χ1) is 9.77. The maximum atomic E-state index is 3.70. The molecule has 0 aromatic heterocycles. The van der Waals surface area contributed by atoms with Crippen LogP contribution in [0.1, 0.15) is 63.9 Å². The Kier molecular flexibility index (Phi) is 6.59. The molecule has 1 aromatic rings. The molecule has 1 aliphatic carbocycles. The third-order valence-corrected chi connectivity index (χ3v) is 4.61. The van der Waals surface area contributed by atoms with Gasteiger partial charge >= 0.3 is 0 Å². The summed E-state index contributed by atoms with van der Waals surface area (Å²) in [7, 11) is 0. The Morgan fingerprint density at radius 1 is 0.950 bits per heavy atom. The fourth-order valence-electron chi connectivity index (χ4n) is 3.50. The van der Waals surface area contributed by atoms with Crippen molar-refractivity contribution in [2.45, 2.75) is 58.3 Å². The second kappa shape index (κ2) is 8.46. The summed E-state index contributed by atoms with van der Waals surface area (Å²) in [6.45, 7) is 6.86. The minimum atomic E-state index is 0.702. The van der Waals surface area contributed by atoms with Crippen LogP contribution in [-0.2, 0) is 0 Å². The van der Waals surface area contributed by atoms with Crippen molar-refractivity contribution in [1.29, 1.82) is 0 Å². The molecule has 1 unspecified atom stereocenters. The van der Waals surface area contributed by atoms with Gasteiger partial charge in [0, 0.05) is 6.54 Å². The van der Waals surface area contributed by atoms with E-state index in [1.165, 1.54) is 44.1 Å². The number of nitrogens with one attached hydrogen (secondary N) is 1. The summed E-state index contributed by atoms with van der Waals surface area (Å²) in [6, 6.07) is 11.2. The van der Waals surface area contributed by atoms with E-state index in [0.717, 1.165) is 24.9 Å². The van der Waals surface area contributed by atoms with Crippen molar-refractivity contribution in [2.75, 3.05) is 13.1 Å². The average Bonchev–Trinajstić information content (AvgIpc) is 2.73. The van der Waals surface area contributed by atoms with Gasteiger partial charge in [0.25, 0.3) is 0 Å². The van der Waals surface area contributed by atoms with Gasteiger partial charge in [0.1, 0.15) is 0 Å². The number of benzene rings is 1. The molecule has 0 bridgehead atoms. The number of hydrogen-bond donors (Lipinski definition) is 1. The zero-order valence-electron chi connectivity index (χ0n) is 13.3. The van der Waals surface area contributed by atoms with Crippen molar-refractivity contribution in [3.63, 3.8) is 0 Å². The van der Waals surface area contributed by atoms with Crippen LogP contribution < -0.4 is 5.32 Å². The summed E-state index contributed by atoms with van der Waals surface area (Å²) in [6.07, 6.45) is 8.58. The van der Waals surface area contributed by atoms with Gasteiger partial charge in [-0.15, -0.1) is 0 Å². The first kappa shape index (κ1) is 15.6. The molecule has 0 aliphatic heterocycles. The van der Waals surface area contributed by atoms with Gasteiger partial charge in [0.2, 0.25) is 0 Å². The van der Waals surface area contributed by atoms with E-state index in [1.807, 2.05) is 0 Å². The average molecular weight is 273 g/mol. The predicted molar refractivity (Wildman–Crippen MR) is 88.1 cm³/mol. The maximum Gasteiger partial charge on any atom is 0.00229 e. The zero-order chi connectivity index (χ0) is 14.2. The number of hydrogen-bond acceptors (Lipinski definition) is 1. The van der Waals surface area contributed by atoms with Crippen molar-refractivity contribution in [3.05, 3.63) is 35.9 Å². The molecular weight excluding hydrogens is 242 g/mol. The van der Waals surface area contributed by atoms with Crippen LogP contribution in [0.25, 0.3) is 0 Å². The molecule has 0 radical (unpaired) electrons. The highest BCUT2D eigenvalue weighted by atomic mass is 14.9. The minimum absolute atomic E-state index is 0.702. The predicted octanol–water partition coefficient (Wildman–Crippen LogP) is 4.99. The molecule has 20 heavy (non-hydrogen) atoms. The van der Waals surface area contributed by atoms with Crippen LogP contribution >= 0.6 is 0 Å². The van der Waals surface area contributed by atoms with Crippen LogP contribution in [0, 0.1) is 11.8 Å². The molecular formula is C19H31N. The molecule has 0 saturated heterocycles. The smallest absolute Gasteiger partial charge is 0.00229 e. The molecule has 0 spiro atoms. The van der Waals surface area contributed by atoms with Gasteiger partial charge in [-0.1, -0.05) is 69.9 Å².